The number of oxime groups is 1. The van der Waals surface area contributed by atoms with Crippen molar-refractivity contribution in [2.24, 2.45) is 11.1 Å². The molecule has 7 heteroatoms. The van der Waals surface area contributed by atoms with Crippen LogP contribution < -0.4 is 0 Å². The number of hydrogen-bond donors (Lipinski definition) is 0. The highest BCUT2D eigenvalue weighted by atomic mass is 16.6. The zero-order valence-electron chi connectivity index (χ0n) is 13.4. The third-order valence-electron chi connectivity index (χ3n) is 4.93. The molecular formula is C17H20N4O3. The zero-order chi connectivity index (χ0) is 16.5. The number of likely N-dealkylation sites (tertiary alicyclic amines) is 2. The standard InChI is InChI=1S/C17H20N4O3/c22-15(9-12-5-1-2-6-18-12)21-10-13-14(11-21)24-19-16(13)17(23)20-7-3-4-8-20/h1-2,5-6,13-14H,3-4,7-11H2/t13-,14+/m0/s1. The van der Waals surface area contributed by atoms with E-state index < -0.39 is 0 Å². The Labute approximate surface area is 140 Å². The number of hydrogen-bond acceptors (Lipinski definition) is 5. The highest BCUT2D eigenvalue weighted by Gasteiger charge is 2.47. The van der Waals surface area contributed by atoms with Crippen molar-refractivity contribution < 1.29 is 14.4 Å². The summed E-state index contributed by atoms with van der Waals surface area (Å²) in [6.07, 6.45) is 3.85. The van der Waals surface area contributed by atoms with Gasteiger partial charge in [-0.1, -0.05) is 11.2 Å². The molecule has 126 valence electrons. The van der Waals surface area contributed by atoms with Crippen LogP contribution in [0.1, 0.15) is 18.5 Å². The first-order valence-electron chi connectivity index (χ1n) is 8.43. The van der Waals surface area contributed by atoms with Crippen molar-refractivity contribution in [1.29, 1.82) is 0 Å². The molecule has 0 aliphatic carbocycles. The van der Waals surface area contributed by atoms with Crippen LogP contribution in [0.5, 0.6) is 0 Å². The molecule has 2 fully saturated rings. The van der Waals surface area contributed by atoms with Crippen LogP contribution >= 0.6 is 0 Å². The first-order chi connectivity index (χ1) is 11.7. The van der Waals surface area contributed by atoms with Crippen molar-refractivity contribution in [2.75, 3.05) is 26.2 Å². The SMILES string of the molecule is O=C(Cc1ccccn1)N1C[C@@H]2C(C(=O)N3CCCC3)=NO[C@@H]2C1. The molecule has 4 heterocycles. The van der Waals surface area contributed by atoms with Gasteiger partial charge in [0.05, 0.1) is 18.9 Å². The summed E-state index contributed by atoms with van der Waals surface area (Å²) in [4.78, 5) is 38.3. The fourth-order valence-electron chi connectivity index (χ4n) is 3.59. The van der Waals surface area contributed by atoms with E-state index in [2.05, 4.69) is 10.1 Å². The summed E-state index contributed by atoms with van der Waals surface area (Å²) in [6, 6.07) is 5.54. The van der Waals surface area contributed by atoms with Crippen LogP contribution in [0, 0.1) is 5.92 Å². The normalized spacial score (nSPS) is 25.4. The molecule has 1 aromatic rings. The third-order valence-corrected chi connectivity index (χ3v) is 4.93. The molecule has 1 aromatic heterocycles. The molecule has 3 aliphatic rings. The van der Waals surface area contributed by atoms with Gasteiger partial charge in [-0.05, 0) is 25.0 Å². The Hall–Kier alpha value is -2.44. The summed E-state index contributed by atoms with van der Waals surface area (Å²) in [5.41, 5.74) is 1.23. The lowest BCUT2D eigenvalue weighted by Crippen LogP contribution is -2.39. The summed E-state index contributed by atoms with van der Waals surface area (Å²) in [5, 5.41) is 4.02. The maximum Gasteiger partial charge on any atom is 0.272 e. The highest BCUT2D eigenvalue weighted by molar-refractivity contribution is 6.40. The number of aromatic nitrogens is 1. The van der Waals surface area contributed by atoms with Gasteiger partial charge in [-0.3, -0.25) is 14.6 Å². The summed E-state index contributed by atoms with van der Waals surface area (Å²) in [5.74, 6) is -0.121. The van der Waals surface area contributed by atoms with E-state index in [9.17, 15) is 9.59 Å². The predicted octanol–water partition coefficient (Wildman–Crippen LogP) is 0.460. The summed E-state index contributed by atoms with van der Waals surface area (Å²) < 4.78 is 0. The van der Waals surface area contributed by atoms with Gasteiger partial charge in [-0.15, -0.1) is 0 Å². The number of amides is 2. The predicted molar refractivity (Wildman–Crippen MR) is 86.1 cm³/mol. The maximum atomic E-state index is 12.6. The molecule has 4 rings (SSSR count). The van der Waals surface area contributed by atoms with E-state index in [-0.39, 0.29) is 30.3 Å². The van der Waals surface area contributed by atoms with Crippen LogP contribution in [-0.2, 0) is 20.8 Å². The van der Waals surface area contributed by atoms with Crippen LogP contribution in [-0.4, -0.2) is 64.6 Å². The lowest BCUT2D eigenvalue weighted by Gasteiger charge is -2.18. The third kappa shape index (κ3) is 2.74. The Morgan fingerprint density at radius 1 is 1.17 bits per heavy atom. The maximum absolute atomic E-state index is 12.6. The van der Waals surface area contributed by atoms with Crippen LogP contribution in [0.25, 0.3) is 0 Å². The molecule has 0 unspecified atom stereocenters. The molecule has 2 amide bonds. The van der Waals surface area contributed by atoms with E-state index >= 15 is 0 Å². The Morgan fingerprint density at radius 2 is 2.00 bits per heavy atom. The lowest BCUT2D eigenvalue weighted by atomic mass is 10.00. The first-order valence-corrected chi connectivity index (χ1v) is 8.43. The number of fused-ring (bicyclic) bond motifs is 1. The van der Waals surface area contributed by atoms with Gasteiger partial charge in [0.15, 0.2) is 11.8 Å². The van der Waals surface area contributed by atoms with Crippen molar-refractivity contribution in [3.05, 3.63) is 30.1 Å². The number of nitrogens with zero attached hydrogens (tertiary/aromatic N) is 4. The molecule has 2 atom stereocenters. The molecule has 24 heavy (non-hydrogen) atoms. The molecule has 3 aliphatic heterocycles. The molecular weight excluding hydrogens is 308 g/mol. The monoisotopic (exact) mass is 328 g/mol. The number of rotatable bonds is 3. The van der Waals surface area contributed by atoms with Gasteiger partial charge in [0.1, 0.15) is 0 Å². The van der Waals surface area contributed by atoms with Gasteiger partial charge >= 0.3 is 0 Å². The minimum Gasteiger partial charge on any atom is -0.389 e. The van der Waals surface area contributed by atoms with Gasteiger partial charge < -0.3 is 14.6 Å². The molecule has 0 bridgehead atoms. The second kappa shape index (κ2) is 6.22. The van der Waals surface area contributed by atoms with E-state index in [1.807, 2.05) is 23.1 Å². The first kappa shape index (κ1) is 15.1. The number of pyridine rings is 1. The van der Waals surface area contributed by atoms with E-state index in [1.54, 1.807) is 11.1 Å². The van der Waals surface area contributed by atoms with E-state index in [0.717, 1.165) is 31.6 Å². The topological polar surface area (TPSA) is 75.1 Å². The van der Waals surface area contributed by atoms with Crippen molar-refractivity contribution in [3.8, 4) is 0 Å². The molecule has 0 spiro atoms. The number of carbonyl (C=O) groups is 2. The van der Waals surface area contributed by atoms with E-state index in [4.69, 9.17) is 4.84 Å². The Bertz CT molecular complexity index is 670. The Kier molecular flexibility index (Phi) is 3.92. The van der Waals surface area contributed by atoms with Crippen LogP contribution in [0.3, 0.4) is 0 Å². The minimum absolute atomic E-state index is 0.0136. The van der Waals surface area contributed by atoms with Gasteiger partial charge in [0.2, 0.25) is 5.91 Å². The van der Waals surface area contributed by atoms with Crippen molar-refractivity contribution >= 4 is 17.5 Å². The van der Waals surface area contributed by atoms with Crippen LogP contribution in [0.4, 0.5) is 0 Å². The van der Waals surface area contributed by atoms with Crippen molar-refractivity contribution in [3.63, 3.8) is 0 Å². The summed E-state index contributed by atoms with van der Waals surface area (Å²) >= 11 is 0. The minimum atomic E-state index is -0.195. The summed E-state index contributed by atoms with van der Waals surface area (Å²) in [7, 11) is 0. The quantitative estimate of drug-likeness (QED) is 0.808. The fourth-order valence-corrected chi connectivity index (χ4v) is 3.59. The fraction of sp³-hybridized carbons (Fsp3) is 0.529. The summed E-state index contributed by atoms with van der Waals surface area (Å²) in [6.45, 7) is 2.56. The van der Waals surface area contributed by atoms with Crippen molar-refractivity contribution in [1.82, 2.24) is 14.8 Å². The molecule has 0 saturated carbocycles. The lowest BCUT2D eigenvalue weighted by molar-refractivity contribution is -0.130. The molecule has 0 radical (unpaired) electrons. The Balaban J connectivity index is 1.40. The number of carbonyl (C=O) groups excluding carboxylic acids is 2. The Morgan fingerprint density at radius 3 is 2.75 bits per heavy atom. The van der Waals surface area contributed by atoms with Crippen LogP contribution in [0.15, 0.2) is 29.6 Å². The molecule has 7 nitrogen and oxygen atoms in total. The average molecular weight is 328 g/mol. The molecule has 0 aromatic carbocycles. The van der Waals surface area contributed by atoms with E-state index in [1.165, 1.54) is 0 Å². The van der Waals surface area contributed by atoms with Gasteiger partial charge in [-0.25, -0.2) is 0 Å². The molecule has 0 N–H and O–H groups in total. The largest absolute Gasteiger partial charge is 0.389 e. The van der Waals surface area contributed by atoms with Gasteiger partial charge in [-0.2, -0.15) is 0 Å². The van der Waals surface area contributed by atoms with Crippen LogP contribution in [0.2, 0.25) is 0 Å². The second-order valence-corrected chi connectivity index (χ2v) is 6.52. The van der Waals surface area contributed by atoms with Crippen molar-refractivity contribution in [2.45, 2.75) is 25.4 Å². The second-order valence-electron chi connectivity index (χ2n) is 6.52. The van der Waals surface area contributed by atoms with Gasteiger partial charge in [0.25, 0.3) is 5.91 Å². The zero-order valence-corrected chi connectivity index (χ0v) is 13.4. The smallest absolute Gasteiger partial charge is 0.272 e. The van der Waals surface area contributed by atoms with Gasteiger partial charge in [0, 0.05) is 31.5 Å². The molecule has 2 saturated heterocycles. The highest BCUT2D eigenvalue weighted by Crippen LogP contribution is 2.29. The van der Waals surface area contributed by atoms with E-state index in [0.29, 0.717) is 18.8 Å². The average Bonchev–Trinajstić information content (AvgIpc) is 3.31.